The molecule has 2 aliphatic rings. The van der Waals surface area contributed by atoms with Crippen molar-refractivity contribution in [2.45, 2.75) is 51.4 Å². The van der Waals surface area contributed by atoms with E-state index in [4.69, 9.17) is 37.7 Å². The molecule has 1 atom stereocenters. The number of nitrogens with zero attached hydrogens (tertiary/aromatic N) is 2. The van der Waals surface area contributed by atoms with Crippen LogP contribution in [-0.4, -0.2) is 29.3 Å². The van der Waals surface area contributed by atoms with Crippen LogP contribution in [0.2, 0.25) is 10.0 Å². The van der Waals surface area contributed by atoms with Gasteiger partial charge < -0.3 is 19.4 Å². The molecule has 5 rings (SSSR count). The van der Waals surface area contributed by atoms with Crippen molar-refractivity contribution in [2.24, 2.45) is 0 Å². The number of nitrogens with one attached hydrogen (secondary N) is 1. The van der Waals surface area contributed by atoms with E-state index in [1.54, 1.807) is 7.11 Å². The maximum Gasteiger partial charge on any atom is 0.203 e. The lowest BCUT2D eigenvalue weighted by Gasteiger charge is -2.22. The molecule has 0 radical (unpaired) electrons. The minimum Gasteiger partial charge on any atom is -0.497 e. The molecule has 3 aromatic rings. The highest BCUT2D eigenvalue weighted by molar-refractivity contribution is 6.39. The van der Waals surface area contributed by atoms with Crippen molar-refractivity contribution in [1.29, 1.82) is 0 Å². The van der Waals surface area contributed by atoms with Gasteiger partial charge in [0.1, 0.15) is 11.3 Å². The Morgan fingerprint density at radius 2 is 2.07 bits per heavy atom. The SMILES string of the molecule is CCC(OC1CC1)c1cc(-c2ccc(OC)cc2Cl)c(Cl)c2nc3n(c12)CCCN3. The van der Waals surface area contributed by atoms with Crippen LogP contribution in [0.3, 0.4) is 0 Å². The molecule has 1 saturated carbocycles. The van der Waals surface area contributed by atoms with Crippen molar-refractivity contribution >= 4 is 40.2 Å². The molecule has 158 valence electrons. The number of rotatable bonds is 6. The molecule has 1 unspecified atom stereocenters. The Balaban J connectivity index is 1.75. The second-order valence-corrected chi connectivity index (χ2v) is 8.76. The van der Waals surface area contributed by atoms with Crippen LogP contribution in [0.25, 0.3) is 22.2 Å². The van der Waals surface area contributed by atoms with Gasteiger partial charge in [0.25, 0.3) is 0 Å². The van der Waals surface area contributed by atoms with E-state index in [9.17, 15) is 0 Å². The molecule has 5 nitrogen and oxygen atoms in total. The topological polar surface area (TPSA) is 48.3 Å². The highest BCUT2D eigenvalue weighted by Gasteiger charge is 2.30. The number of hydrogen-bond donors (Lipinski definition) is 1. The van der Waals surface area contributed by atoms with E-state index in [0.29, 0.717) is 21.9 Å². The van der Waals surface area contributed by atoms with Gasteiger partial charge in [-0.1, -0.05) is 30.1 Å². The summed E-state index contributed by atoms with van der Waals surface area (Å²) in [6.45, 7) is 4.01. The molecular weight excluding hydrogens is 421 g/mol. The van der Waals surface area contributed by atoms with Crippen molar-refractivity contribution in [3.8, 4) is 16.9 Å². The average molecular weight is 446 g/mol. The van der Waals surface area contributed by atoms with Crippen LogP contribution in [0.1, 0.15) is 44.3 Å². The Morgan fingerprint density at radius 1 is 1.23 bits per heavy atom. The first-order valence-electron chi connectivity index (χ1n) is 10.6. The van der Waals surface area contributed by atoms with E-state index in [1.165, 1.54) is 0 Å². The molecule has 1 aliphatic heterocycles. The standard InChI is InChI=1S/C23H25Cl2N3O2/c1-3-19(30-13-5-6-13)17-12-16(15-8-7-14(29-2)11-18(15)24)20(25)21-22(17)28-10-4-9-26-23(28)27-21/h7-8,11-13,19H,3-6,9-10H2,1-2H3,(H,26,27). The summed E-state index contributed by atoms with van der Waals surface area (Å²) in [5, 5.41) is 4.63. The zero-order valence-corrected chi connectivity index (χ0v) is 18.7. The number of halogens is 2. The predicted molar refractivity (Wildman–Crippen MR) is 122 cm³/mol. The summed E-state index contributed by atoms with van der Waals surface area (Å²) >= 11 is 13.6. The maximum atomic E-state index is 6.95. The zero-order valence-electron chi connectivity index (χ0n) is 17.2. The largest absolute Gasteiger partial charge is 0.497 e. The molecule has 1 aliphatic carbocycles. The van der Waals surface area contributed by atoms with E-state index < -0.39 is 0 Å². The van der Waals surface area contributed by atoms with Crippen LogP contribution in [0.5, 0.6) is 5.75 Å². The summed E-state index contributed by atoms with van der Waals surface area (Å²) in [7, 11) is 1.63. The lowest BCUT2D eigenvalue weighted by molar-refractivity contribution is 0.0374. The molecule has 7 heteroatoms. The van der Waals surface area contributed by atoms with Crippen molar-refractivity contribution in [3.63, 3.8) is 0 Å². The number of fused-ring (bicyclic) bond motifs is 3. The maximum absolute atomic E-state index is 6.95. The molecule has 1 aromatic heterocycles. The molecule has 2 heterocycles. The third kappa shape index (κ3) is 3.43. The number of ether oxygens (including phenoxy) is 2. The Kier molecular flexibility index (Phi) is 5.30. The number of benzene rings is 2. The predicted octanol–water partition coefficient (Wildman–Crippen LogP) is 6.46. The molecule has 1 fully saturated rings. The van der Waals surface area contributed by atoms with Gasteiger partial charge in [-0.15, -0.1) is 0 Å². The van der Waals surface area contributed by atoms with Gasteiger partial charge in [-0.05, 0) is 49.9 Å². The van der Waals surface area contributed by atoms with E-state index in [0.717, 1.165) is 72.4 Å². The molecule has 0 saturated heterocycles. The monoisotopic (exact) mass is 445 g/mol. The number of methoxy groups -OCH3 is 1. The van der Waals surface area contributed by atoms with E-state index in [2.05, 4.69) is 22.9 Å². The van der Waals surface area contributed by atoms with Crippen LogP contribution in [0, 0.1) is 0 Å². The fraction of sp³-hybridized carbons (Fsp3) is 0.435. The van der Waals surface area contributed by atoms with Crippen molar-refractivity contribution in [1.82, 2.24) is 9.55 Å². The van der Waals surface area contributed by atoms with Crippen molar-refractivity contribution < 1.29 is 9.47 Å². The second kappa shape index (κ2) is 7.95. The van der Waals surface area contributed by atoms with Crippen LogP contribution >= 0.6 is 23.2 Å². The lowest BCUT2D eigenvalue weighted by Crippen LogP contribution is -2.18. The number of anilines is 1. The molecular formula is C23H25Cl2N3O2. The van der Waals surface area contributed by atoms with Gasteiger partial charge in [0.2, 0.25) is 5.95 Å². The first kappa shape index (κ1) is 20.0. The molecule has 2 aromatic carbocycles. The Morgan fingerprint density at radius 3 is 2.77 bits per heavy atom. The van der Waals surface area contributed by atoms with Gasteiger partial charge in [-0.3, -0.25) is 0 Å². The van der Waals surface area contributed by atoms with E-state index in [-0.39, 0.29) is 6.10 Å². The number of hydrogen-bond acceptors (Lipinski definition) is 4. The Hall–Kier alpha value is -1.95. The summed E-state index contributed by atoms with van der Waals surface area (Å²) in [6, 6.07) is 7.82. The highest BCUT2D eigenvalue weighted by Crippen LogP contribution is 2.45. The van der Waals surface area contributed by atoms with Crippen LogP contribution in [0.15, 0.2) is 24.3 Å². The van der Waals surface area contributed by atoms with Gasteiger partial charge in [0.15, 0.2) is 0 Å². The summed E-state index contributed by atoms with van der Waals surface area (Å²) in [6.07, 6.45) is 4.57. The average Bonchev–Trinajstić information content (AvgIpc) is 3.50. The quantitative estimate of drug-likeness (QED) is 0.472. The molecule has 0 bridgehead atoms. The minimum atomic E-state index is -0.00392. The Labute approximate surface area is 186 Å². The first-order chi connectivity index (χ1) is 14.6. The second-order valence-electron chi connectivity index (χ2n) is 7.97. The van der Waals surface area contributed by atoms with Crippen LogP contribution < -0.4 is 10.1 Å². The first-order valence-corrected chi connectivity index (χ1v) is 11.3. The third-order valence-electron chi connectivity index (χ3n) is 5.89. The van der Waals surface area contributed by atoms with Crippen LogP contribution in [-0.2, 0) is 11.3 Å². The van der Waals surface area contributed by atoms with Gasteiger partial charge >= 0.3 is 0 Å². The lowest BCUT2D eigenvalue weighted by atomic mass is 9.97. The van der Waals surface area contributed by atoms with Gasteiger partial charge in [-0.25, -0.2) is 4.98 Å². The molecule has 1 N–H and O–H groups in total. The number of imidazole rings is 1. The van der Waals surface area contributed by atoms with Gasteiger partial charge in [0, 0.05) is 29.8 Å². The number of aryl methyl sites for hydroxylation is 1. The van der Waals surface area contributed by atoms with Crippen LogP contribution in [0.4, 0.5) is 5.95 Å². The summed E-state index contributed by atoms with van der Waals surface area (Å²) in [5.74, 6) is 1.59. The fourth-order valence-corrected chi connectivity index (χ4v) is 4.77. The van der Waals surface area contributed by atoms with Gasteiger partial charge in [-0.2, -0.15) is 0 Å². The van der Waals surface area contributed by atoms with Crippen molar-refractivity contribution in [2.75, 3.05) is 19.0 Å². The molecule has 30 heavy (non-hydrogen) atoms. The third-order valence-corrected chi connectivity index (χ3v) is 6.59. The highest BCUT2D eigenvalue weighted by atomic mass is 35.5. The molecule has 0 spiro atoms. The molecule has 0 amide bonds. The fourth-order valence-electron chi connectivity index (χ4n) is 4.21. The summed E-state index contributed by atoms with van der Waals surface area (Å²) in [4.78, 5) is 4.87. The minimum absolute atomic E-state index is 0.00392. The normalized spacial score (nSPS) is 16.9. The Bertz CT molecular complexity index is 1110. The van der Waals surface area contributed by atoms with Gasteiger partial charge in [0.05, 0.1) is 34.9 Å². The van der Waals surface area contributed by atoms with Crippen molar-refractivity contribution in [3.05, 3.63) is 39.9 Å². The van der Waals surface area contributed by atoms with E-state index >= 15 is 0 Å². The number of aromatic nitrogens is 2. The summed E-state index contributed by atoms with van der Waals surface area (Å²) in [5.41, 5.74) is 4.75. The van der Waals surface area contributed by atoms with E-state index in [1.807, 2.05) is 18.2 Å². The zero-order chi connectivity index (χ0) is 20.8. The smallest absolute Gasteiger partial charge is 0.203 e. The summed E-state index contributed by atoms with van der Waals surface area (Å²) < 4.78 is 14.0.